The largest absolute Gasteiger partial charge is 0.481 e. The van der Waals surface area contributed by atoms with Gasteiger partial charge in [-0.15, -0.1) is 0 Å². The van der Waals surface area contributed by atoms with Gasteiger partial charge < -0.3 is 24.8 Å². The Morgan fingerprint density at radius 3 is 2.75 bits per heavy atom. The van der Waals surface area contributed by atoms with E-state index in [-0.39, 0.29) is 0 Å². The number of hydrogen-bond donors (Lipinski definition) is 2. The summed E-state index contributed by atoms with van der Waals surface area (Å²) in [6.07, 6.45) is 5.88. The van der Waals surface area contributed by atoms with Gasteiger partial charge in [0.25, 0.3) is 0 Å². The van der Waals surface area contributed by atoms with E-state index < -0.39 is 0 Å². The standard InChI is InChI=1S/C22H25N5O/c1-26(2)13-16-4-6-18(7-5-16)27-14-20-19(9-11-23-20)21(15-27)25-17-8-10-24-22(12-17)28-3/h4-12,15,23H,13-14H2,1-3H3,(H,24,25). The first-order chi connectivity index (χ1) is 13.6. The van der Waals surface area contributed by atoms with Gasteiger partial charge >= 0.3 is 0 Å². The van der Waals surface area contributed by atoms with Crippen molar-refractivity contribution in [2.75, 3.05) is 31.4 Å². The van der Waals surface area contributed by atoms with E-state index >= 15 is 0 Å². The van der Waals surface area contributed by atoms with Crippen molar-refractivity contribution in [2.24, 2.45) is 0 Å². The second-order valence-corrected chi connectivity index (χ2v) is 7.16. The molecular weight excluding hydrogens is 350 g/mol. The van der Waals surface area contributed by atoms with Crippen LogP contribution in [0, 0.1) is 0 Å². The highest BCUT2D eigenvalue weighted by Crippen LogP contribution is 2.31. The van der Waals surface area contributed by atoms with E-state index in [0.29, 0.717) is 5.88 Å². The highest BCUT2D eigenvalue weighted by molar-refractivity contribution is 5.81. The normalized spacial score (nSPS) is 13.3. The van der Waals surface area contributed by atoms with E-state index in [4.69, 9.17) is 4.74 Å². The molecule has 0 spiro atoms. The number of pyridine rings is 1. The fourth-order valence-electron chi connectivity index (χ4n) is 3.41. The summed E-state index contributed by atoms with van der Waals surface area (Å²) >= 11 is 0. The lowest BCUT2D eigenvalue weighted by Crippen LogP contribution is -2.23. The number of H-pyrrole nitrogens is 1. The van der Waals surface area contributed by atoms with Crippen LogP contribution in [0.4, 0.5) is 11.4 Å². The first-order valence-electron chi connectivity index (χ1n) is 9.28. The molecule has 0 fully saturated rings. The Hall–Kier alpha value is -3.25. The van der Waals surface area contributed by atoms with Crippen molar-refractivity contribution in [1.29, 1.82) is 0 Å². The fraction of sp³-hybridized carbons (Fsp3) is 0.227. The third kappa shape index (κ3) is 3.87. The number of benzene rings is 1. The number of anilines is 2. The van der Waals surface area contributed by atoms with Crippen molar-refractivity contribution in [2.45, 2.75) is 13.1 Å². The third-order valence-electron chi connectivity index (χ3n) is 4.73. The maximum Gasteiger partial charge on any atom is 0.214 e. The van der Waals surface area contributed by atoms with Gasteiger partial charge in [0.1, 0.15) is 0 Å². The Kier molecular flexibility index (Phi) is 5.04. The summed E-state index contributed by atoms with van der Waals surface area (Å²) < 4.78 is 5.24. The number of nitrogens with zero attached hydrogens (tertiary/aromatic N) is 3. The van der Waals surface area contributed by atoms with Gasteiger partial charge in [0.2, 0.25) is 5.88 Å². The van der Waals surface area contributed by atoms with Gasteiger partial charge in [0.05, 0.1) is 19.4 Å². The summed E-state index contributed by atoms with van der Waals surface area (Å²) in [5.41, 5.74) is 6.80. The molecule has 0 saturated heterocycles. The van der Waals surface area contributed by atoms with Crippen LogP contribution in [0.2, 0.25) is 0 Å². The number of ether oxygens (including phenoxy) is 1. The lowest BCUT2D eigenvalue weighted by molar-refractivity contribution is 0.398. The van der Waals surface area contributed by atoms with E-state index in [9.17, 15) is 0 Å². The molecular formula is C22H25N5O. The first-order valence-corrected chi connectivity index (χ1v) is 9.28. The molecule has 0 amide bonds. The molecule has 0 bridgehead atoms. The summed E-state index contributed by atoms with van der Waals surface area (Å²) in [6, 6.07) is 14.7. The molecule has 2 aromatic heterocycles. The molecule has 6 nitrogen and oxygen atoms in total. The average Bonchev–Trinajstić information content (AvgIpc) is 3.17. The van der Waals surface area contributed by atoms with Crippen molar-refractivity contribution in [1.82, 2.24) is 14.9 Å². The lowest BCUT2D eigenvalue weighted by atomic mass is 10.1. The number of nitrogens with one attached hydrogen (secondary N) is 2. The summed E-state index contributed by atoms with van der Waals surface area (Å²) in [4.78, 5) is 12.0. The van der Waals surface area contributed by atoms with Gasteiger partial charge in [0.15, 0.2) is 0 Å². The van der Waals surface area contributed by atoms with Gasteiger partial charge in [0, 0.05) is 53.8 Å². The van der Waals surface area contributed by atoms with E-state index in [1.165, 1.54) is 16.8 Å². The molecule has 1 aromatic carbocycles. The van der Waals surface area contributed by atoms with Crippen LogP contribution in [0.25, 0.3) is 5.70 Å². The summed E-state index contributed by atoms with van der Waals surface area (Å²) in [6.45, 7) is 1.74. The number of hydrogen-bond acceptors (Lipinski definition) is 5. The average molecular weight is 375 g/mol. The molecule has 6 heteroatoms. The topological polar surface area (TPSA) is 56.4 Å². The molecule has 0 atom stereocenters. The molecule has 0 radical (unpaired) electrons. The number of aromatic amines is 1. The second kappa shape index (κ2) is 7.78. The van der Waals surface area contributed by atoms with Gasteiger partial charge in [-0.25, -0.2) is 4.98 Å². The molecule has 2 N–H and O–H groups in total. The number of fused-ring (bicyclic) bond motifs is 1. The van der Waals surface area contributed by atoms with Crippen LogP contribution in [0.1, 0.15) is 16.8 Å². The first kappa shape index (κ1) is 18.1. The molecule has 0 aliphatic carbocycles. The Balaban J connectivity index is 1.61. The van der Waals surface area contributed by atoms with Crippen molar-refractivity contribution < 1.29 is 4.74 Å². The van der Waals surface area contributed by atoms with Crippen LogP contribution < -0.4 is 15.0 Å². The minimum Gasteiger partial charge on any atom is -0.481 e. The second-order valence-electron chi connectivity index (χ2n) is 7.16. The van der Waals surface area contributed by atoms with Gasteiger partial charge in [-0.05, 0) is 43.9 Å². The molecule has 4 rings (SSSR count). The van der Waals surface area contributed by atoms with Crippen LogP contribution in [0.5, 0.6) is 5.88 Å². The van der Waals surface area contributed by atoms with Crippen LogP contribution in [-0.4, -0.2) is 36.1 Å². The van der Waals surface area contributed by atoms with Crippen molar-refractivity contribution in [3.63, 3.8) is 0 Å². The Labute approximate surface area is 165 Å². The molecule has 1 aliphatic rings. The lowest BCUT2D eigenvalue weighted by Gasteiger charge is -2.28. The summed E-state index contributed by atoms with van der Waals surface area (Å²) in [5, 5.41) is 3.51. The zero-order valence-electron chi connectivity index (χ0n) is 16.4. The monoisotopic (exact) mass is 375 g/mol. The maximum atomic E-state index is 5.24. The molecule has 28 heavy (non-hydrogen) atoms. The maximum absolute atomic E-state index is 5.24. The Morgan fingerprint density at radius 2 is 2.00 bits per heavy atom. The van der Waals surface area contributed by atoms with Gasteiger partial charge in [-0.3, -0.25) is 0 Å². The third-order valence-corrected chi connectivity index (χ3v) is 4.73. The van der Waals surface area contributed by atoms with Crippen LogP contribution in [0.15, 0.2) is 61.1 Å². The highest BCUT2D eigenvalue weighted by Gasteiger charge is 2.19. The molecule has 3 aromatic rings. The van der Waals surface area contributed by atoms with Crippen LogP contribution in [-0.2, 0) is 13.1 Å². The predicted octanol–water partition coefficient (Wildman–Crippen LogP) is 3.91. The van der Waals surface area contributed by atoms with E-state index in [2.05, 4.69) is 75.7 Å². The number of rotatable bonds is 6. The quantitative estimate of drug-likeness (QED) is 0.684. The SMILES string of the molecule is COc1cc(NC2=CN(c3ccc(CN(C)C)cc3)Cc3[nH]ccc32)ccn1. The van der Waals surface area contributed by atoms with Crippen molar-refractivity contribution >= 4 is 17.1 Å². The van der Waals surface area contributed by atoms with Crippen LogP contribution in [0.3, 0.4) is 0 Å². The Morgan fingerprint density at radius 1 is 1.18 bits per heavy atom. The highest BCUT2D eigenvalue weighted by atomic mass is 16.5. The smallest absolute Gasteiger partial charge is 0.214 e. The van der Waals surface area contributed by atoms with E-state index in [0.717, 1.165) is 30.2 Å². The molecule has 0 unspecified atom stereocenters. The Bertz CT molecular complexity index is 975. The van der Waals surface area contributed by atoms with Crippen molar-refractivity contribution in [3.8, 4) is 5.88 Å². The predicted molar refractivity (Wildman–Crippen MR) is 113 cm³/mol. The number of methoxy groups -OCH3 is 1. The van der Waals surface area contributed by atoms with Gasteiger partial charge in [-0.2, -0.15) is 0 Å². The molecule has 0 saturated carbocycles. The molecule has 1 aliphatic heterocycles. The zero-order valence-corrected chi connectivity index (χ0v) is 16.4. The number of aromatic nitrogens is 2. The van der Waals surface area contributed by atoms with E-state index in [1.807, 2.05) is 18.3 Å². The van der Waals surface area contributed by atoms with Crippen LogP contribution >= 0.6 is 0 Å². The summed E-state index contributed by atoms with van der Waals surface area (Å²) in [5.74, 6) is 0.587. The van der Waals surface area contributed by atoms with E-state index in [1.54, 1.807) is 13.3 Å². The minimum absolute atomic E-state index is 0.587. The van der Waals surface area contributed by atoms with Crippen molar-refractivity contribution in [3.05, 3.63) is 77.9 Å². The van der Waals surface area contributed by atoms with Gasteiger partial charge in [-0.1, -0.05) is 12.1 Å². The molecule has 144 valence electrons. The fourth-order valence-corrected chi connectivity index (χ4v) is 3.41. The zero-order chi connectivity index (χ0) is 19.5. The molecule has 3 heterocycles. The summed E-state index contributed by atoms with van der Waals surface area (Å²) in [7, 11) is 5.79. The minimum atomic E-state index is 0.587.